The summed E-state index contributed by atoms with van der Waals surface area (Å²) in [6, 6.07) is 8.70. The fraction of sp³-hybridized carbons (Fsp3) is 0.526. The van der Waals surface area contributed by atoms with Crippen molar-refractivity contribution in [1.82, 2.24) is 4.98 Å². The van der Waals surface area contributed by atoms with Gasteiger partial charge in [0, 0.05) is 23.2 Å². The topological polar surface area (TPSA) is 12.9 Å². The lowest BCUT2D eigenvalue weighted by atomic mass is 9.65. The Hall–Kier alpha value is -1.08. The van der Waals surface area contributed by atoms with E-state index in [1.54, 1.807) is 0 Å². The molecule has 1 aliphatic carbocycles. The number of nitrogens with zero attached hydrogens (tertiary/aromatic N) is 1. The van der Waals surface area contributed by atoms with E-state index >= 15 is 0 Å². The average Bonchev–Trinajstić information content (AvgIpc) is 2.46. The van der Waals surface area contributed by atoms with Gasteiger partial charge in [-0.1, -0.05) is 45.4 Å². The summed E-state index contributed by atoms with van der Waals surface area (Å²) in [6.07, 6.45) is 7.51. The van der Waals surface area contributed by atoms with Crippen molar-refractivity contribution in [3.05, 3.63) is 42.2 Å². The van der Waals surface area contributed by atoms with Gasteiger partial charge in [-0.2, -0.15) is 0 Å². The van der Waals surface area contributed by atoms with Gasteiger partial charge in [0.05, 0.1) is 0 Å². The van der Waals surface area contributed by atoms with Crippen LogP contribution in [0.3, 0.4) is 0 Å². The van der Waals surface area contributed by atoms with Crippen LogP contribution < -0.4 is 0 Å². The highest BCUT2D eigenvalue weighted by molar-refractivity contribution is 6.21. The number of fused-ring (bicyclic) bond motifs is 1. The second-order valence-electron chi connectivity index (χ2n) is 7.16. The Morgan fingerprint density at radius 1 is 1.19 bits per heavy atom. The molecule has 3 unspecified atom stereocenters. The van der Waals surface area contributed by atoms with Crippen LogP contribution in [0.15, 0.2) is 36.7 Å². The fourth-order valence-electron chi connectivity index (χ4n) is 4.01. The molecule has 1 nitrogen and oxygen atoms in total. The molecule has 0 spiro atoms. The summed E-state index contributed by atoms with van der Waals surface area (Å²) in [4.78, 5) is 4.25. The second kappa shape index (κ2) is 5.61. The molecule has 1 saturated carbocycles. The molecule has 0 radical (unpaired) electrons. The second-order valence-corrected chi connectivity index (χ2v) is 7.73. The molecule has 0 amide bonds. The highest BCUT2D eigenvalue weighted by Crippen LogP contribution is 2.46. The van der Waals surface area contributed by atoms with Crippen molar-refractivity contribution in [2.75, 3.05) is 0 Å². The van der Waals surface area contributed by atoms with Crippen molar-refractivity contribution in [2.45, 2.75) is 50.8 Å². The summed E-state index contributed by atoms with van der Waals surface area (Å²) in [6.45, 7) is 7.04. The maximum Gasteiger partial charge on any atom is 0.0375 e. The van der Waals surface area contributed by atoms with Crippen molar-refractivity contribution >= 4 is 22.4 Å². The molecule has 2 aromatic rings. The fourth-order valence-corrected chi connectivity index (χ4v) is 4.75. The van der Waals surface area contributed by atoms with Gasteiger partial charge in [-0.05, 0) is 47.1 Å². The minimum absolute atomic E-state index is 0.0907. The predicted octanol–water partition coefficient (Wildman–Crippen LogP) is 5.56. The Morgan fingerprint density at radius 3 is 2.76 bits per heavy atom. The zero-order valence-corrected chi connectivity index (χ0v) is 13.9. The molecule has 0 N–H and O–H groups in total. The molecule has 21 heavy (non-hydrogen) atoms. The number of hydrogen-bond acceptors (Lipinski definition) is 1. The van der Waals surface area contributed by atoms with Gasteiger partial charge < -0.3 is 0 Å². The maximum atomic E-state index is 6.75. The summed E-state index contributed by atoms with van der Waals surface area (Å²) >= 11 is 6.75. The van der Waals surface area contributed by atoms with Crippen molar-refractivity contribution in [3.63, 3.8) is 0 Å². The lowest BCUT2D eigenvalue weighted by Crippen LogP contribution is -2.38. The Kier molecular flexibility index (Phi) is 3.96. The Balaban J connectivity index is 2.04. The zero-order valence-electron chi connectivity index (χ0n) is 13.1. The van der Waals surface area contributed by atoms with Gasteiger partial charge in [0.25, 0.3) is 0 Å². The number of rotatable bonds is 2. The first-order valence-electron chi connectivity index (χ1n) is 7.97. The number of aromatic nitrogens is 1. The molecule has 1 fully saturated rings. The molecule has 3 atom stereocenters. The lowest BCUT2D eigenvalue weighted by Gasteiger charge is -2.42. The van der Waals surface area contributed by atoms with E-state index in [0.29, 0.717) is 5.92 Å². The van der Waals surface area contributed by atoms with Crippen LogP contribution in [0.1, 0.15) is 45.6 Å². The first-order chi connectivity index (χ1) is 10.00. The van der Waals surface area contributed by atoms with E-state index in [-0.39, 0.29) is 10.8 Å². The van der Waals surface area contributed by atoms with Gasteiger partial charge in [-0.3, -0.25) is 4.98 Å². The van der Waals surface area contributed by atoms with E-state index in [1.807, 2.05) is 12.4 Å². The van der Waals surface area contributed by atoms with Crippen molar-refractivity contribution in [2.24, 2.45) is 11.8 Å². The Bertz CT molecular complexity index is 629. The third-order valence-corrected chi connectivity index (χ3v) is 5.82. The SMILES string of the molecule is CC1CCC(C(C)(C)c2cccc3cnccc23)C(Cl)C1. The molecular formula is C19H24ClN. The lowest BCUT2D eigenvalue weighted by molar-refractivity contribution is 0.208. The summed E-state index contributed by atoms with van der Waals surface area (Å²) in [7, 11) is 0. The minimum atomic E-state index is 0.0907. The van der Waals surface area contributed by atoms with Crippen LogP contribution in [0.25, 0.3) is 10.8 Å². The van der Waals surface area contributed by atoms with Crippen LogP contribution >= 0.6 is 11.6 Å². The van der Waals surface area contributed by atoms with Crippen LogP contribution in [0.2, 0.25) is 0 Å². The van der Waals surface area contributed by atoms with E-state index in [2.05, 4.69) is 50.0 Å². The smallest absolute Gasteiger partial charge is 0.0375 e. The first-order valence-corrected chi connectivity index (χ1v) is 8.41. The predicted molar refractivity (Wildman–Crippen MR) is 90.9 cm³/mol. The standard InChI is InChI=1S/C19H24ClN/c1-13-7-8-17(18(20)11-13)19(2,3)16-6-4-5-14-12-21-10-9-15(14)16/h4-6,9-10,12-13,17-18H,7-8,11H2,1-3H3. The monoisotopic (exact) mass is 301 g/mol. The van der Waals surface area contributed by atoms with E-state index in [9.17, 15) is 0 Å². The first kappa shape index (κ1) is 14.8. The molecule has 112 valence electrons. The zero-order chi connectivity index (χ0) is 15.0. The summed E-state index contributed by atoms with van der Waals surface area (Å²) in [5.41, 5.74) is 1.50. The summed E-state index contributed by atoms with van der Waals surface area (Å²) in [5.74, 6) is 1.30. The van der Waals surface area contributed by atoms with E-state index in [1.165, 1.54) is 29.2 Å². The number of benzene rings is 1. The van der Waals surface area contributed by atoms with Crippen LogP contribution in [-0.4, -0.2) is 10.4 Å². The molecule has 0 aliphatic heterocycles. The van der Waals surface area contributed by atoms with Gasteiger partial charge in [-0.25, -0.2) is 0 Å². The summed E-state index contributed by atoms with van der Waals surface area (Å²) in [5, 5.41) is 2.82. The summed E-state index contributed by atoms with van der Waals surface area (Å²) < 4.78 is 0. The van der Waals surface area contributed by atoms with Gasteiger partial charge in [0.15, 0.2) is 0 Å². The van der Waals surface area contributed by atoms with Crippen LogP contribution in [-0.2, 0) is 5.41 Å². The van der Waals surface area contributed by atoms with Crippen molar-refractivity contribution in [3.8, 4) is 0 Å². The van der Waals surface area contributed by atoms with E-state index in [4.69, 9.17) is 11.6 Å². The van der Waals surface area contributed by atoms with Crippen molar-refractivity contribution < 1.29 is 0 Å². The molecule has 2 heteroatoms. The quantitative estimate of drug-likeness (QED) is 0.662. The molecule has 1 aliphatic rings. The minimum Gasteiger partial charge on any atom is -0.264 e. The average molecular weight is 302 g/mol. The van der Waals surface area contributed by atoms with Gasteiger partial charge >= 0.3 is 0 Å². The molecule has 0 saturated heterocycles. The number of pyridine rings is 1. The highest BCUT2D eigenvalue weighted by Gasteiger charge is 2.39. The van der Waals surface area contributed by atoms with E-state index in [0.717, 1.165) is 12.3 Å². The maximum absolute atomic E-state index is 6.75. The largest absolute Gasteiger partial charge is 0.264 e. The number of hydrogen-bond donors (Lipinski definition) is 0. The van der Waals surface area contributed by atoms with Crippen molar-refractivity contribution in [1.29, 1.82) is 0 Å². The van der Waals surface area contributed by atoms with Crippen LogP contribution in [0, 0.1) is 11.8 Å². The molecule has 0 bridgehead atoms. The molecule has 1 aromatic carbocycles. The Labute approximate surface area is 132 Å². The third-order valence-electron chi connectivity index (χ3n) is 5.34. The third kappa shape index (κ3) is 2.68. The van der Waals surface area contributed by atoms with Gasteiger partial charge in [0.2, 0.25) is 0 Å². The van der Waals surface area contributed by atoms with Gasteiger partial charge in [0.1, 0.15) is 0 Å². The number of halogens is 1. The van der Waals surface area contributed by atoms with Crippen LogP contribution in [0.5, 0.6) is 0 Å². The van der Waals surface area contributed by atoms with Gasteiger partial charge in [-0.15, -0.1) is 11.6 Å². The molecule has 3 rings (SSSR count). The molecule has 1 aromatic heterocycles. The Morgan fingerprint density at radius 2 is 2.00 bits per heavy atom. The molecular weight excluding hydrogens is 278 g/mol. The van der Waals surface area contributed by atoms with E-state index < -0.39 is 0 Å². The normalized spacial score (nSPS) is 27.0. The van der Waals surface area contributed by atoms with Crippen LogP contribution in [0.4, 0.5) is 0 Å². The number of alkyl halides is 1. The molecule has 1 heterocycles. The highest BCUT2D eigenvalue weighted by atomic mass is 35.5.